The van der Waals surface area contributed by atoms with E-state index in [0.717, 1.165) is 57.5 Å². The van der Waals surface area contributed by atoms with Crippen LogP contribution in [-0.2, 0) is 13.0 Å². The average Bonchev–Trinajstić information content (AvgIpc) is 3.50. The third kappa shape index (κ3) is 4.21. The van der Waals surface area contributed by atoms with Gasteiger partial charge in [0, 0.05) is 28.4 Å². The van der Waals surface area contributed by atoms with Crippen LogP contribution >= 0.6 is 0 Å². The van der Waals surface area contributed by atoms with E-state index >= 15 is 0 Å². The number of fused-ring (bicyclic) bond motifs is 1. The highest BCUT2D eigenvalue weighted by Gasteiger charge is 2.22. The Kier molecular flexibility index (Phi) is 5.92. The lowest BCUT2D eigenvalue weighted by atomic mass is 10.1. The van der Waals surface area contributed by atoms with E-state index in [1.165, 1.54) is 19.0 Å². The normalized spacial score (nSPS) is 14.0. The zero-order chi connectivity index (χ0) is 23.7. The molecule has 0 amide bonds. The van der Waals surface area contributed by atoms with Crippen molar-refractivity contribution in [1.29, 1.82) is 0 Å². The number of aromatic nitrogens is 3. The van der Waals surface area contributed by atoms with Crippen LogP contribution in [0.15, 0.2) is 67.0 Å². The number of nitrogens with zero attached hydrogens (tertiary/aromatic N) is 4. The van der Waals surface area contributed by atoms with Crippen molar-refractivity contribution in [2.45, 2.75) is 51.6 Å². The van der Waals surface area contributed by atoms with Crippen molar-refractivity contribution in [2.24, 2.45) is 0 Å². The molecule has 1 fully saturated rings. The zero-order valence-electron chi connectivity index (χ0n) is 19.2. The summed E-state index contributed by atoms with van der Waals surface area (Å²) in [4.78, 5) is 13.7. The molecule has 4 aromatic rings. The number of aryl methyl sites for hydroxylation is 1. The van der Waals surface area contributed by atoms with E-state index in [4.69, 9.17) is 5.10 Å². The minimum atomic E-state index is -0.971. The molecule has 0 bridgehead atoms. The number of anilines is 2. The number of rotatable bonds is 7. The van der Waals surface area contributed by atoms with Crippen LogP contribution in [0.1, 0.15) is 60.3 Å². The smallest absolute Gasteiger partial charge is 0.335 e. The van der Waals surface area contributed by atoms with Gasteiger partial charge in [0.1, 0.15) is 0 Å². The van der Waals surface area contributed by atoms with Gasteiger partial charge in [-0.15, -0.1) is 0 Å². The predicted octanol–water partition coefficient (Wildman–Crippen LogP) is 5.38. The lowest BCUT2D eigenvalue weighted by molar-refractivity contribution is -0.605. The Morgan fingerprint density at radius 3 is 2.68 bits per heavy atom. The Morgan fingerprint density at radius 1 is 1.15 bits per heavy atom. The first-order valence-corrected chi connectivity index (χ1v) is 11.8. The molecule has 1 N–H and O–H groups in total. The molecular weight excluding hydrogens is 428 g/mol. The SMILES string of the molecule is CCc1nn(C2CCCC2)c2cc(N(Cc3ccc[n+]([O-])c3)c3cccc(C(=O)O)c3)ccc12. The van der Waals surface area contributed by atoms with E-state index in [0.29, 0.717) is 12.6 Å². The van der Waals surface area contributed by atoms with Crippen LogP contribution in [0.4, 0.5) is 11.4 Å². The largest absolute Gasteiger partial charge is 0.619 e. The van der Waals surface area contributed by atoms with Gasteiger partial charge in [0.2, 0.25) is 0 Å². The monoisotopic (exact) mass is 456 g/mol. The van der Waals surface area contributed by atoms with Crippen LogP contribution in [0.25, 0.3) is 10.9 Å². The van der Waals surface area contributed by atoms with Crippen molar-refractivity contribution in [3.63, 3.8) is 0 Å². The van der Waals surface area contributed by atoms with Gasteiger partial charge in [0.05, 0.1) is 29.4 Å². The number of pyridine rings is 1. The van der Waals surface area contributed by atoms with E-state index in [1.54, 1.807) is 30.5 Å². The standard InChI is InChI=1S/C27H28N4O3/c1-2-25-24-13-12-23(16-26(24)31(28-25)21-9-3-4-10-21)30(18-19-7-6-14-29(34)17-19)22-11-5-8-20(15-22)27(32)33/h5-8,11-17,21H,2-4,9-10,18H2,1H3,(H,32,33). The summed E-state index contributed by atoms with van der Waals surface area (Å²) in [7, 11) is 0. The van der Waals surface area contributed by atoms with Gasteiger partial charge in [-0.2, -0.15) is 9.83 Å². The number of hydrogen-bond donors (Lipinski definition) is 1. The summed E-state index contributed by atoms with van der Waals surface area (Å²) in [5.41, 5.74) is 4.94. The predicted molar refractivity (Wildman–Crippen MR) is 131 cm³/mol. The second-order valence-corrected chi connectivity index (χ2v) is 8.90. The van der Waals surface area contributed by atoms with Crippen molar-refractivity contribution >= 4 is 28.2 Å². The third-order valence-corrected chi connectivity index (χ3v) is 6.67. The highest BCUT2D eigenvalue weighted by molar-refractivity contribution is 5.90. The molecule has 0 unspecified atom stereocenters. The maximum Gasteiger partial charge on any atom is 0.335 e. The molecular formula is C27H28N4O3. The first kappa shape index (κ1) is 21.9. The molecule has 1 aliphatic carbocycles. The molecule has 1 saturated carbocycles. The summed E-state index contributed by atoms with van der Waals surface area (Å²) in [6, 6.07) is 17.3. The van der Waals surface area contributed by atoms with Gasteiger partial charge in [-0.25, -0.2) is 4.79 Å². The molecule has 7 heteroatoms. The van der Waals surface area contributed by atoms with Crippen molar-refractivity contribution in [2.75, 3.05) is 4.90 Å². The number of hydrogen-bond acceptors (Lipinski definition) is 4. The second-order valence-electron chi connectivity index (χ2n) is 8.90. The Balaban J connectivity index is 1.64. The molecule has 0 radical (unpaired) electrons. The molecule has 1 aliphatic rings. The highest BCUT2D eigenvalue weighted by atomic mass is 16.5. The van der Waals surface area contributed by atoms with Crippen LogP contribution in [-0.4, -0.2) is 20.9 Å². The number of carboxylic acids is 1. The Hall–Kier alpha value is -3.87. The fraction of sp³-hybridized carbons (Fsp3) is 0.296. The lowest BCUT2D eigenvalue weighted by Gasteiger charge is -2.25. The molecule has 2 heterocycles. The maximum atomic E-state index is 11.9. The lowest BCUT2D eigenvalue weighted by Crippen LogP contribution is -2.26. The quantitative estimate of drug-likeness (QED) is 0.298. The minimum absolute atomic E-state index is 0.222. The first-order chi connectivity index (χ1) is 16.5. The number of benzene rings is 2. The highest BCUT2D eigenvalue weighted by Crippen LogP contribution is 2.36. The van der Waals surface area contributed by atoms with Crippen LogP contribution in [0, 0.1) is 5.21 Å². The fourth-order valence-corrected chi connectivity index (χ4v) is 4.96. The topological polar surface area (TPSA) is 85.3 Å². The Labute approximate surface area is 198 Å². The van der Waals surface area contributed by atoms with Gasteiger partial charge in [-0.05, 0) is 61.7 Å². The third-order valence-electron chi connectivity index (χ3n) is 6.67. The molecule has 2 aromatic carbocycles. The summed E-state index contributed by atoms with van der Waals surface area (Å²) < 4.78 is 2.98. The van der Waals surface area contributed by atoms with E-state index in [9.17, 15) is 15.1 Å². The summed E-state index contributed by atoms with van der Waals surface area (Å²) in [5, 5.41) is 27.6. The molecule has 0 aliphatic heterocycles. The molecule has 0 spiro atoms. The summed E-state index contributed by atoms with van der Waals surface area (Å²) in [6.07, 6.45) is 8.61. The number of carbonyl (C=O) groups is 1. The molecule has 0 saturated heterocycles. The molecule has 174 valence electrons. The van der Waals surface area contributed by atoms with Crippen molar-refractivity contribution in [1.82, 2.24) is 9.78 Å². The molecule has 7 nitrogen and oxygen atoms in total. The maximum absolute atomic E-state index is 11.9. The molecule has 5 rings (SSSR count). The van der Waals surface area contributed by atoms with Gasteiger partial charge < -0.3 is 15.2 Å². The van der Waals surface area contributed by atoms with Gasteiger partial charge >= 0.3 is 5.97 Å². The first-order valence-electron chi connectivity index (χ1n) is 11.8. The van der Waals surface area contributed by atoms with E-state index in [2.05, 4.69) is 34.7 Å². The average molecular weight is 457 g/mol. The fourth-order valence-electron chi connectivity index (χ4n) is 4.96. The van der Waals surface area contributed by atoms with E-state index in [-0.39, 0.29) is 5.56 Å². The molecule has 2 aromatic heterocycles. The van der Waals surface area contributed by atoms with Gasteiger partial charge in [-0.1, -0.05) is 25.8 Å². The summed E-state index contributed by atoms with van der Waals surface area (Å²) >= 11 is 0. The van der Waals surface area contributed by atoms with Crippen LogP contribution in [0.2, 0.25) is 0 Å². The molecule has 0 atom stereocenters. The number of carboxylic acid groups (broad SMARTS) is 1. The van der Waals surface area contributed by atoms with Crippen LogP contribution in [0.3, 0.4) is 0 Å². The van der Waals surface area contributed by atoms with Gasteiger partial charge in [-0.3, -0.25) is 4.68 Å². The van der Waals surface area contributed by atoms with Gasteiger partial charge in [0.15, 0.2) is 12.4 Å². The molecule has 34 heavy (non-hydrogen) atoms. The number of aromatic carboxylic acids is 1. The van der Waals surface area contributed by atoms with Crippen LogP contribution < -0.4 is 9.63 Å². The van der Waals surface area contributed by atoms with Gasteiger partial charge in [0.25, 0.3) is 0 Å². The Morgan fingerprint density at radius 2 is 1.94 bits per heavy atom. The summed E-state index contributed by atoms with van der Waals surface area (Å²) in [6.45, 7) is 2.56. The van der Waals surface area contributed by atoms with E-state index in [1.807, 2.05) is 12.1 Å². The summed E-state index contributed by atoms with van der Waals surface area (Å²) in [5.74, 6) is -0.971. The van der Waals surface area contributed by atoms with E-state index < -0.39 is 5.97 Å². The zero-order valence-corrected chi connectivity index (χ0v) is 19.2. The van der Waals surface area contributed by atoms with Crippen LogP contribution in [0.5, 0.6) is 0 Å². The Bertz CT molecular complexity index is 1340. The van der Waals surface area contributed by atoms with Crippen molar-refractivity contribution < 1.29 is 14.6 Å². The van der Waals surface area contributed by atoms with Crippen molar-refractivity contribution in [3.8, 4) is 0 Å². The minimum Gasteiger partial charge on any atom is -0.619 e. The van der Waals surface area contributed by atoms with Crippen molar-refractivity contribution in [3.05, 3.63) is 89.0 Å². The second kappa shape index (κ2) is 9.17.